The van der Waals surface area contributed by atoms with Gasteiger partial charge in [0.05, 0.1) is 20.9 Å². The van der Waals surface area contributed by atoms with Crippen molar-refractivity contribution in [3.8, 4) is 42.4 Å². The molecule has 0 N–H and O–H groups in total. The van der Waals surface area contributed by atoms with E-state index in [1.54, 1.807) is 24.3 Å². The lowest BCUT2D eigenvalue weighted by atomic mass is 10.1. The minimum atomic E-state index is -2.26. The van der Waals surface area contributed by atoms with Gasteiger partial charge in [-0.2, -0.15) is 0 Å². The van der Waals surface area contributed by atoms with Crippen LogP contribution in [-0.4, -0.2) is 9.97 Å². The molecule has 0 bridgehead atoms. The summed E-state index contributed by atoms with van der Waals surface area (Å²) in [5, 5.41) is 1.22. The van der Waals surface area contributed by atoms with Crippen LogP contribution < -0.4 is 0 Å². The second-order valence-electron chi connectivity index (χ2n) is 10.2. The first-order chi connectivity index (χ1) is 22.9. The van der Waals surface area contributed by atoms with Crippen LogP contribution in [-0.2, 0) is 0 Å². The predicted molar refractivity (Wildman–Crippen MR) is 156 cm³/mol. The number of aromatic nitrogens is 2. The molecule has 0 spiro atoms. The highest BCUT2D eigenvalue weighted by atomic mass is 32.1. The van der Waals surface area contributed by atoms with Gasteiger partial charge in [0.1, 0.15) is 11.0 Å². The molecular weight excluding hydrogens is 698 g/mol. The SMILES string of the molecule is Fc1c(F)c(F)c(-c2ccc(-c3nc4cc5cc6oc(-c7ccc(-c8c(F)c(F)c(F)c(F)c8F)s7)nc6cc5cc4o3)s2)c(F)c1F. The van der Waals surface area contributed by atoms with E-state index in [1.807, 2.05) is 0 Å². The average Bonchev–Trinajstić information content (AvgIpc) is 3.89. The molecule has 48 heavy (non-hydrogen) atoms. The summed E-state index contributed by atoms with van der Waals surface area (Å²) in [5.41, 5.74) is -0.859. The normalized spacial score (nSPS) is 12.0. The average molecular weight is 707 g/mol. The third kappa shape index (κ3) is 4.42. The van der Waals surface area contributed by atoms with E-state index in [0.717, 1.165) is 0 Å². The molecule has 0 aliphatic rings. The number of hydrogen-bond donors (Lipinski definition) is 0. The van der Waals surface area contributed by atoms with Gasteiger partial charge in [0, 0.05) is 9.75 Å². The van der Waals surface area contributed by atoms with E-state index in [0.29, 0.717) is 44.5 Å². The molecule has 0 saturated carbocycles. The number of benzene rings is 4. The molecule has 0 amide bonds. The minimum absolute atomic E-state index is 0.0202. The van der Waals surface area contributed by atoms with Crippen LogP contribution in [0.3, 0.4) is 0 Å². The van der Waals surface area contributed by atoms with Gasteiger partial charge in [0.2, 0.25) is 23.4 Å². The monoisotopic (exact) mass is 706 g/mol. The lowest BCUT2D eigenvalue weighted by Crippen LogP contribution is -2.03. The van der Waals surface area contributed by atoms with Crippen molar-refractivity contribution in [3.05, 3.63) is 107 Å². The maximum absolute atomic E-state index is 14.4. The van der Waals surface area contributed by atoms with Crippen molar-refractivity contribution in [1.29, 1.82) is 0 Å². The van der Waals surface area contributed by atoms with Crippen LogP contribution in [0.4, 0.5) is 43.9 Å². The van der Waals surface area contributed by atoms with Gasteiger partial charge in [-0.3, -0.25) is 0 Å². The lowest BCUT2D eigenvalue weighted by Gasteiger charge is -2.06. The number of rotatable bonds is 4. The standard InChI is InChI=1S/C32H8F10N2O2S2/c33-21-19(22(34)26(38)29(41)25(21)37)15-1-3-17(47-15)31-43-11-5-9-8-14-12(6-10(9)7-13(11)45-31)44-32(46-14)18-4-2-16(48-18)20-23(35)27(39)30(42)28(40)24(20)36/h1-8H. The Labute approximate surface area is 267 Å². The Bertz CT molecular complexity index is 2350. The fraction of sp³-hybridized carbons (Fsp3) is 0. The second kappa shape index (κ2) is 10.6. The van der Waals surface area contributed by atoms with Crippen molar-refractivity contribution in [2.24, 2.45) is 0 Å². The Balaban J connectivity index is 1.14. The quantitative estimate of drug-likeness (QED) is 0.104. The van der Waals surface area contributed by atoms with Gasteiger partial charge in [-0.15, -0.1) is 22.7 Å². The lowest BCUT2D eigenvalue weighted by molar-refractivity contribution is 0.381. The first kappa shape index (κ1) is 30.1. The van der Waals surface area contributed by atoms with E-state index in [4.69, 9.17) is 8.83 Å². The van der Waals surface area contributed by atoms with Gasteiger partial charge in [-0.25, -0.2) is 53.9 Å². The molecular formula is C32H8F10N2O2S2. The molecule has 8 aromatic rings. The minimum Gasteiger partial charge on any atom is -0.435 e. The Morgan fingerprint density at radius 3 is 1.06 bits per heavy atom. The summed E-state index contributed by atoms with van der Waals surface area (Å²) in [7, 11) is 0. The third-order valence-corrected chi connectivity index (χ3v) is 9.58. The summed E-state index contributed by atoms with van der Waals surface area (Å²) in [6, 6.07) is 11.6. The molecule has 16 heteroatoms. The first-order valence-corrected chi connectivity index (χ1v) is 14.9. The van der Waals surface area contributed by atoms with E-state index >= 15 is 0 Å². The number of thiophene rings is 2. The van der Waals surface area contributed by atoms with Crippen molar-refractivity contribution in [3.63, 3.8) is 0 Å². The predicted octanol–water partition coefficient (Wildman–Crippen LogP) is 11.3. The molecule has 0 unspecified atom stereocenters. The molecule has 0 aliphatic carbocycles. The van der Waals surface area contributed by atoms with Crippen LogP contribution in [0.1, 0.15) is 0 Å². The summed E-state index contributed by atoms with van der Waals surface area (Å²) in [6.07, 6.45) is 0. The Kier molecular flexibility index (Phi) is 6.68. The third-order valence-electron chi connectivity index (χ3n) is 7.40. The Morgan fingerprint density at radius 2 is 0.708 bits per heavy atom. The van der Waals surface area contributed by atoms with Gasteiger partial charge in [-0.1, -0.05) is 0 Å². The van der Waals surface area contributed by atoms with Crippen molar-refractivity contribution in [1.82, 2.24) is 9.97 Å². The summed E-state index contributed by atoms with van der Waals surface area (Å²) >= 11 is 1.41. The smallest absolute Gasteiger partial charge is 0.237 e. The molecule has 0 atom stereocenters. The van der Waals surface area contributed by atoms with Crippen molar-refractivity contribution < 1.29 is 52.7 Å². The molecule has 240 valence electrons. The zero-order valence-electron chi connectivity index (χ0n) is 22.9. The number of hydrogen-bond acceptors (Lipinski definition) is 6. The largest absolute Gasteiger partial charge is 0.435 e. The molecule has 0 saturated heterocycles. The molecule has 0 radical (unpaired) electrons. The van der Waals surface area contributed by atoms with Crippen LogP contribution in [0.2, 0.25) is 0 Å². The Hall–Kier alpha value is -5.22. The highest BCUT2D eigenvalue weighted by Gasteiger charge is 2.29. The molecule has 4 heterocycles. The van der Waals surface area contributed by atoms with Crippen molar-refractivity contribution in [2.75, 3.05) is 0 Å². The van der Waals surface area contributed by atoms with Crippen LogP contribution >= 0.6 is 22.7 Å². The number of fused-ring (bicyclic) bond motifs is 3. The van der Waals surface area contributed by atoms with Gasteiger partial charge >= 0.3 is 0 Å². The van der Waals surface area contributed by atoms with Crippen molar-refractivity contribution in [2.45, 2.75) is 0 Å². The fourth-order valence-electron chi connectivity index (χ4n) is 5.12. The molecule has 4 aromatic carbocycles. The zero-order chi connectivity index (χ0) is 33.8. The zero-order valence-corrected chi connectivity index (χ0v) is 24.6. The number of oxazole rings is 2. The van der Waals surface area contributed by atoms with E-state index in [2.05, 4.69) is 9.97 Å². The van der Waals surface area contributed by atoms with Gasteiger partial charge < -0.3 is 8.83 Å². The summed E-state index contributed by atoms with van der Waals surface area (Å²) in [6.45, 7) is 0. The molecule has 8 rings (SSSR count). The van der Waals surface area contributed by atoms with Crippen LogP contribution in [0.5, 0.6) is 0 Å². The van der Waals surface area contributed by atoms with E-state index in [1.165, 1.54) is 24.3 Å². The molecule has 4 nitrogen and oxygen atoms in total. The van der Waals surface area contributed by atoms with Crippen LogP contribution in [0.25, 0.3) is 75.4 Å². The van der Waals surface area contributed by atoms with Crippen LogP contribution in [0.15, 0.2) is 57.4 Å². The van der Waals surface area contributed by atoms with Crippen molar-refractivity contribution >= 4 is 55.6 Å². The highest BCUT2D eigenvalue weighted by molar-refractivity contribution is 7.19. The second-order valence-corrected chi connectivity index (χ2v) is 12.4. The van der Waals surface area contributed by atoms with Crippen LogP contribution in [0, 0.1) is 58.2 Å². The summed E-state index contributed by atoms with van der Waals surface area (Å²) in [5.74, 6) is -20.6. The Morgan fingerprint density at radius 1 is 0.396 bits per heavy atom. The molecule has 4 aromatic heterocycles. The topological polar surface area (TPSA) is 52.1 Å². The molecule has 0 aliphatic heterocycles. The molecule has 0 fully saturated rings. The van der Waals surface area contributed by atoms with E-state index in [-0.39, 0.29) is 42.5 Å². The summed E-state index contributed by atoms with van der Waals surface area (Å²) < 4.78 is 151. The van der Waals surface area contributed by atoms with Gasteiger partial charge in [0.25, 0.3) is 0 Å². The first-order valence-electron chi connectivity index (χ1n) is 13.3. The summed E-state index contributed by atoms with van der Waals surface area (Å²) in [4.78, 5) is 8.81. The van der Waals surface area contributed by atoms with Gasteiger partial charge in [0.15, 0.2) is 57.7 Å². The van der Waals surface area contributed by atoms with E-state index in [9.17, 15) is 43.9 Å². The highest BCUT2D eigenvalue weighted by Crippen LogP contribution is 2.42. The maximum atomic E-state index is 14.4. The number of halogens is 10. The number of nitrogens with zero attached hydrogens (tertiary/aromatic N) is 2. The fourth-order valence-corrected chi connectivity index (χ4v) is 7.05. The van der Waals surface area contributed by atoms with E-state index < -0.39 is 69.3 Å². The van der Waals surface area contributed by atoms with Gasteiger partial charge in [-0.05, 0) is 59.3 Å². The maximum Gasteiger partial charge on any atom is 0.237 e.